The van der Waals surface area contributed by atoms with Gasteiger partial charge in [0.15, 0.2) is 5.82 Å². The first-order valence-corrected chi connectivity index (χ1v) is 5.61. The number of hydrogen-bond donors (Lipinski definition) is 2. The summed E-state index contributed by atoms with van der Waals surface area (Å²) in [7, 11) is 1.90. The van der Waals surface area contributed by atoms with Crippen LogP contribution in [0.5, 0.6) is 0 Å². The molecule has 0 fully saturated rings. The first kappa shape index (κ1) is 13.3. The minimum Gasteiger partial charge on any atom is -0.478 e. The number of carbonyl (C=O) groups is 1. The Morgan fingerprint density at radius 3 is 2.71 bits per heavy atom. The van der Waals surface area contributed by atoms with Crippen molar-refractivity contribution in [3.05, 3.63) is 17.8 Å². The zero-order valence-corrected chi connectivity index (χ0v) is 10.5. The fourth-order valence-electron chi connectivity index (χ4n) is 1.47. The number of nitrogens with two attached hydrogens (primary N) is 1. The lowest BCUT2D eigenvalue weighted by Gasteiger charge is -2.20. The van der Waals surface area contributed by atoms with E-state index in [1.54, 1.807) is 0 Å². The number of hydrogen-bond acceptors (Lipinski definition) is 4. The maximum absolute atomic E-state index is 10.7. The number of pyridine rings is 1. The highest BCUT2D eigenvalue weighted by atomic mass is 16.4. The molecule has 5 heteroatoms. The quantitative estimate of drug-likeness (QED) is 0.817. The van der Waals surface area contributed by atoms with Crippen LogP contribution in [0.4, 0.5) is 11.5 Å². The lowest BCUT2D eigenvalue weighted by atomic mass is 10.1. The Labute approximate surface area is 101 Å². The van der Waals surface area contributed by atoms with Gasteiger partial charge in [-0.1, -0.05) is 13.8 Å². The third-order valence-electron chi connectivity index (χ3n) is 2.55. The molecule has 0 aliphatic rings. The summed E-state index contributed by atoms with van der Waals surface area (Å²) in [6, 6.07) is 1.44. The predicted octanol–water partition coefficient (Wildman–Crippen LogP) is 1.84. The molecule has 0 bridgehead atoms. The molecule has 0 saturated carbocycles. The van der Waals surface area contributed by atoms with Gasteiger partial charge in [0, 0.05) is 19.8 Å². The van der Waals surface area contributed by atoms with Gasteiger partial charge in [-0.05, 0) is 18.4 Å². The molecule has 0 amide bonds. The van der Waals surface area contributed by atoms with Crippen LogP contribution in [0.2, 0.25) is 0 Å². The standard InChI is InChI=1S/C12H19N3O2/c1-8(2)4-5-15(3)11-10(13)6-9(7-14-11)12(16)17/h6-8H,4-5,13H2,1-3H3,(H,16,17). The van der Waals surface area contributed by atoms with Crippen molar-refractivity contribution in [1.29, 1.82) is 0 Å². The largest absolute Gasteiger partial charge is 0.478 e. The van der Waals surface area contributed by atoms with Crippen LogP contribution in [0, 0.1) is 5.92 Å². The summed E-state index contributed by atoms with van der Waals surface area (Å²) in [5, 5.41) is 8.81. The summed E-state index contributed by atoms with van der Waals surface area (Å²) in [6.45, 7) is 5.15. The zero-order valence-electron chi connectivity index (χ0n) is 10.5. The summed E-state index contributed by atoms with van der Waals surface area (Å²) in [6.07, 6.45) is 2.37. The van der Waals surface area contributed by atoms with Gasteiger partial charge in [-0.3, -0.25) is 0 Å². The van der Waals surface area contributed by atoms with E-state index in [2.05, 4.69) is 18.8 Å². The Morgan fingerprint density at radius 1 is 1.59 bits per heavy atom. The molecule has 0 radical (unpaired) electrons. The zero-order chi connectivity index (χ0) is 13.0. The summed E-state index contributed by atoms with van der Waals surface area (Å²) >= 11 is 0. The van der Waals surface area contributed by atoms with E-state index in [9.17, 15) is 4.79 Å². The molecule has 1 aromatic heterocycles. The molecule has 0 atom stereocenters. The Morgan fingerprint density at radius 2 is 2.24 bits per heavy atom. The molecule has 0 aliphatic carbocycles. The summed E-state index contributed by atoms with van der Waals surface area (Å²) in [5.41, 5.74) is 6.31. The van der Waals surface area contributed by atoms with Gasteiger partial charge in [0.1, 0.15) is 0 Å². The van der Waals surface area contributed by atoms with Crippen LogP contribution in [-0.2, 0) is 0 Å². The number of anilines is 2. The smallest absolute Gasteiger partial charge is 0.337 e. The second-order valence-electron chi connectivity index (χ2n) is 4.55. The normalized spacial score (nSPS) is 10.6. The molecule has 0 spiro atoms. The summed E-state index contributed by atoms with van der Waals surface area (Å²) in [5.74, 6) is 0.230. The first-order chi connectivity index (χ1) is 7.91. The molecule has 0 saturated heterocycles. The van der Waals surface area contributed by atoms with E-state index in [1.165, 1.54) is 12.3 Å². The van der Waals surface area contributed by atoms with Gasteiger partial charge >= 0.3 is 5.97 Å². The van der Waals surface area contributed by atoms with Crippen molar-refractivity contribution in [3.63, 3.8) is 0 Å². The Kier molecular flexibility index (Phi) is 4.31. The van der Waals surface area contributed by atoms with Crippen molar-refractivity contribution in [1.82, 2.24) is 4.98 Å². The number of aromatic carboxylic acids is 1. The van der Waals surface area contributed by atoms with Crippen LogP contribution in [0.15, 0.2) is 12.3 Å². The van der Waals surface area contributed by atoms with Crippen molar-refractivity contribution < 1.29 is 9.90 Å². The number of carboxylic acids is 1. The number of nitrogen functional groups attached to an aromatic ring is 1. The van der Waals surface area contributed by atoms with E-state index in [0.29, 0.717) is 17.4 Å². The number of nitrogens with zero attached hydrogens (tertiary/aromatic N) is 2. The highest BCUT2D eigenvalue weighted by molar-refractivity contribution is 5.89. The average Bonchev–Trinajstić information content (AvgIpc) is 2.25. The highest BCUT2D eigenvalue weighted by Crippen LogP contribution is 2.20. The SMILES string of the molecule is CC(C)CCN(C)c1ncc(C(=O)O)cc1N. The number of rotatable bonds is 5. The first-order valence-electron chi connectivity index (χ1n) is 5.61. The van der Waals surface area contributed by atoms with Gasteiger partial charge in [-0.2, -0.15) is 0 Å². The molecule has 1 rings (SSSR count). The maximum Gasteiger partial charge on any atom is 0.337 e. The van der Waals surface area contributed by atoms with Crippen molar-refractivity contribution in [2.75, 3.05) is 24.2 Å². The molecule has 1 aromatic rings. The molecule has 1 heterocycles. The highest BCUT2D eigenvalue weighted by Gasteiger charge is 2.11. The Hall–Kier alpha value is -1.78. The monoisotopic (exact) mass is 237 g/mol. The fourth-order valence-corrected chi connectivity index (χ4v) is 1.47. The minimum absolute atomic E-state index is 0.114. The van der Waals surface area contributed by atoms with E-state index in [-0.39, 0.29) is 5.56 Å². The second kappa shape index (κ2) is 5.52. The lowest BCUT2D eigenvalue weighted by molar-refractivity contribution is 0.0696. The number of aromatic nitrogens is 1. The lowest BCUT2D eigenvalue weighted by Crippen LogP contribution is -2.22. The van der Waals surface area contributed by atoms with E-state index in [1.807, 2.05) is 11.9 Å². The second-order valence-corrected chi connectivity index (χ2v) is 4.55. The van der Waals surface area contributed by atoms with Crippen molar-refractivity contribution in [2.45, 2.75) is 20.3 Å². The van der Waals surface area contributed by atoms with Gasteiger partial charge in [0.25, 0.3) is 0 Å². The van der Waals surface area contributed by atoms with Crippen molar-refractivity contribution in [3.8, 4) is 0 Å². The minimum atomic E-state index is -1.01. The average molecular weight is 237 g/mol. The van der Waals surface area contributed by atoms with Gasteiger partial charge in [0.2, 0.25) is 0 Å². The van der Waals surface area contributed by atoms with Crippen LogP contribution >= 0.6 is 0 Å². The van der Waals surface area contributed by atoms with Crippen LogP contribution in [0.1, 0.15) is 30.6 Å². The molecule has 0 aromatic carbocycles. The Bertz CT molecular complexity index is 405. The fraction of sp³-hybridized carbons (Fsp3) is 0.500. The molecule has 0 aliphatic heterocycles. The van der Waals surface area contributed by atoms with Crippen LogP contribution in [-0.4, -0.2) is 29.7 Å². The van der Waals surface area contributed by atoms with Crippen LogP contribution in [0.3, 0.4) is 0 Å². The van der Waals surface area contributed by atoms with E-state index >= 15 is 0 Å². The maximum atomic E-state index is 10.7. The summed E-state index contributed by atoms with van der Waals surface area (Å²) < 4.78 is 0. The molecule has 0 unspecified atom stereocenters. The Balaban J connectivity index is 2.81. The molecular weight excluding hydrogens is 218 g/mol. The van der Waals surface area contributed by atoms with Gasteiger partial charge in [0.05, 0.1) is 11.3 Å². The van der Waals surface area contributed by atoms with Crippen LogP contribution < -0.4 is 10.6 Å². The molecule has 5 nitrogen and oxygen atoms in total. The van der Waals surface area contributed by atoms with Gasteiger partial charge in [-0.25, -0.2) is 9.78 Å². The van der Waals surface area contributed by atoms with Crippen LogP contribution in [0.25, 0.3) is 0 Å². The number of carboxylic acid groups (broad SMARTS) is 1. The van der Waals surface area contributed by atoms with E-state index < -0.39 is 5.97 Å². The van der Waals surface area contributed by atoms with E-state index in [0.717, 1.165) is 13.0 Å². The molecule has 17 heavy (non-hydrogen) atoms. The van der Waals surface area contributed by atoms with E-state index in [4.69, 9.17) is 10.8 Å². The molecule has 3 N–H and O–H groups in total. The third-order valence-corrected chi connectivity index (χ3v) is 2.55. The van der Waals surface area contributed by atoms with Gasteiger partial charge < -0.3 is 15.7 Å². The topological polar surface area (TPSA) is 79.5 Å². The molecule has 94 valence electrons. The van der Waals surface area contributed by atoms with Gasteiger partial charge in [-0.15, -0.1) is 0 Å². The van der Waals surface area contributed by atoms with Crippen molar-refractivity contribution >= 4 is 17.5 Å². The predicted molar refractivity (Wildman–Crippen MR) is 68.3 cm³/mol. The summed E-state index contributed by atoms with van der Waals surface area (Å²) in [4.78, 5) is 16.8. The third kappa shape index (κ3) is 3.62. The van der Waals surface area contributed by atoms with Crippen molar-refractivity contribution in [2.24, 2.45) is 5.92 Å². The molecular formula is C12H19N3O2.